The van der Waals surface area contributed by atoms with Crippen molar-refractivity contribution in [3.63, 3.8) is 0 Å². The van der Waals surface area contributed by atoms with Gasteiger partial charge < -0.3 is 10.1 Å². The molecular formula is C12H16BrNO2. The van der Waals surface area contributed by atoms with Crippen molar-refractivity contribution in [3.8, 4) is 5.75 Å². The summed E-state index contributed by atoms with van der Waals surface area (Å²) >= 11 is 3.26. The minimum absolute atomic E-state index is 0.0753. The number of carbonyl (C=O) groups excluding carboxylic acids is 1. The monoisotopic (exact) mass is 285 g/mol. The molecule has 0 aliphatic heterocycles. The van der Waals surface area contributed by atoms with Gasteiger partial charge in [-0.3, -0.25) is 4.79 Å². The standard InChI is InChI=1S/C12H16BrNO2/c1-9(2)16-11-5-3-4-10(8-11)12(15)14-7-6-13/h3-5,8-9H,6-7H2,1-2H3,(H,14,15). The Morgan fingerprint density at radius 1 is 1.50 bits per heavy atom. The van der Waals surface area contributed by atoms with Crippen molar-refractivity contribution < 1.29 is 9.53 Å². The zero-order chi connectivity index (χ0) is 12.0. The van der Waals surface area contributed by atoms with E-state index in [-0.39, 0.29) is 12.0 Å². The highest BCUT2D eigenvalue weighted by molar-refractivity contribution is 9.09. The van der Waals surface area contributed by atoms with Gasteiger partial charge in [-0.05, 0) is 32.0 Å². The van der Waals surface area contributed by atoms with Gasteiger partial charge in [-0.1, -0.05) is 22.0 Å². The van der Waals surface area contributed by atoms with Gasteiger partial charge in [-0.25, -0.2) is 0 Å². The zero-order valence-electron chi connectivity index (χ0n) is 9.50. The maximum Gasteiger partial charge on any atom is 0.251 e. The first-order valence-corrected chi connectivity index (χ1v) is 6.36. The number of ether oxygens (including phenoxy) is 1. The molecule has 0 heterocycles. The summed E-state index contributed by atoms with van der Waals surface area (Å²) in [6.45, 7) is 4.53. The molecule has 1 aromatic carbocycles. The fraction of sp³-hybridized carbons (Fsp3) is 0.417. The molecule has 0 aliphatic rings. The number of nitrogens with one attached hydrogen (secondary N) is 1. The highest BCUT2D eigenvalue weighted by Crippen LogP contribution is 2.14. The summed E-state index contributed by atoms with van der Waals surface area (Å²) in [5.41, 5.74) is 0.624. The normalized spacial score (nSPS) is 10.2. The third-order valence-corrected chi connectivity index (χ3v) is 2.24. The Kier molecular flexibility index (Phi) is 5.32. The van der Waals surface area contributed by atoms with Crippen molar-refractivity contribution in [2.45, 2.75) is 20.0 Å². The van der Waals surface area contributed by atoms with Crippen molar-refractivity contribution in [1.29, 1.82) is 0 Å². The van der Waals surface area contributed by atoms with Crippen LogP contribution >= 0.6 is 15.9 Å². The summed E-state index contributed by atoms with van der Waals surface area (Å²) in [5, 5.41) is 3.54. The molecule has 1 rings (SSSR count). The van der Waals surface area contributed by atoms with Crippen molar-refractivity contribution in [2.75, 3.05) is 11.9 Å². The quantitative estimate of drug-likeness (QED) is 0.845. The van der Waals surface area contributed by atoms with Crippen LogP contribution in [0.4, 0.5) is 0 Å². The summed E-state index contributed by atoms with van der Waals surface area (Å²) < 4.78 is 5.52. The van der Waals surface area contributed by atoms with Gasteiger partial charge in [0.15, 0.2) is 0 Å². The second-order valence-corrected chi connectivity index (χ2v) is 4.43. The van der Waals surface area contributed by atoms with E-state index < -0.39 is 0 Å². The van der Waals surface area contributed by atoms with E-state index in [2.05, 4.69) is 21.2 Å². The van der Waals surface area contributed by atoms with Gasteiger partial charge in [0.1, 0.15) is 5.75 Å². The number of rotatable bonds is 5. The largest absolute Gasteiger partial charge is 0.491 e. The van der Waals surface area contributed by atoms with Crippen LogP contribution in [-0.4, -0.2) is 23.9 Å². The molecule has 0 atom stereocenters. The van der Waals surface area contributed by atoms with Crippen LogP contribution in [0, 0.1) is 0 Å². The van der Waals surface area contributed by atoms with Crippen LogP contribution in [0.25, 0.3) is 0 Å². The van der Waals surface area contributed by atoms with Gasteiger partial charge in [-0.15, -0.1) is 0 Å². The number of hydrogen-bond acceptors (Lipinski definition) is 2. The van der Waals surface area contributed by atoms with E-state index >= 15 is 0 Å². The summed E-state index contributed by atoms with van der Waals surface area (Å²) in [6.07, 6.45) is 0.112. The predicted octanol–water partition coefficient (Wildman–Crippen LogP) is 2.60. The number of amides is 1. The molecule has 0 fully saturated rings. The lowest BCUT2D eigenvalue weighted by Gasteiger charge is -2.10. The van der Waals surface area contributed by atoms with Crippen molar-refractivity contribution in [2.24, 2.45) is 0 Å². The molecule has 88 valence electrons. The molecule has 0 saturated heterocycles. The SMILES string of the molecule is CC(C)Oc1cccc(C(=O)NCCBr)c1. The predicted molar refractivity (Wildman–Crippen MR) is 68.3 cm³/mol. The van der Waals surface area contributed by atoms with Gasteiger partial charge in [-0.2, -0.15) is 0 Å². The van der Waals surface area contributed by atoms with E-state index in [0.29, 0.717) is 12.1 Å². The minimum Gasteiger partial charge on any atom is -0.491 e. The van der Waals surface area contributed by atoms with Crippen molar-refractivity contribution in [3.05, 3.63) is 29.8 Å². The van der Waals surface area contributed by atoms with Crippen molar-refractivity contribution in [1.82, 2.24) is 5.32 Å². The highest BCUT2D eigenvalue weighted by Gasteiger charge is 2.06. The third-order valence-electron chi connectivity index (χ3n) is 1.85. The third kappa shape index (κ3) is 4.23. The van der Waals surface area contributed by atoms with Crippen LogP contribution in [0.5, 0.6) is 5.75 Å². The average molecular weight is 286 g/mol. The molecule has 0 bridgehead atoms. The first-order chi connectivity index (χ1) is 7.63. The molecule has 1 amide bonds. The molecule has 4 heteroatoms. The molecule has 0 aliphatic carbocycles. The maximum absolute atomic E-state index is 11.7. The zero-order valence-corrected chi connectivity index (χ0v) is 11.1. The lowest BCUT2D eigenvalue weighted by molar-refractivity contribution is 0.0955. The lowest BCUT2D eigenvalue weighted by atomic mass is 10.2. The molecule has 0 saturated carbocycles. The number of alkyl halides is 1. The molecule has 16 heavy (non-hydrogen) atoms. The van der Waals surface area contributed by atoms with E-state index in [1.807, 2.05) is 26.0 Å². The van der Waals surface area contributed by atoms with E-state index in [9.17, 15) is 4.79 Å². The van der Waals surface area contributed by atoms with Crippen LogP contribution in [-0.2, 0) is 0 Å². The smallest absolute Gasteiger partial charge is 0.251 e. The summed E-state index contributed by atoms with van der Waals surface area (Å²) in [5.74, 6) is 0.648. The second-order valence-electron chi connectivity index (χ2n) is 3.64. The van der Waals surface area contributed by atoms with E-state index in [1.165, 1.54) is 0 Å². The highest BCUT2D eigenvalue weighted by atomic mass is 79.9. The Labute approximate surface area is 104 Å². The maximum atomic E-state index is 11.7. The average Bonchev–Trinajstić information content (AvgIpc) is 2.25. The Hall–Kier alpha value is -1.03. The number of benzene rings is 1. The summed E-state index contributed by atoms with van der Waals surface area (Å²) in [4.78, 5) is 11.7. The van der Waals surface area contributed by atoms with Gasteiger partial charge in [0.2, 0.25) is 0 Å². The van der Waals surface area contributed by atoms with Crippen LogP contribution in [0.15, 0.2) is 24.3 Å². The Morgan fingerprint density at radius 3 is 2.88 bits per heavy atom. The fourth-order valence-electron chi connectivity index (χ4n) is 1.25. The van der Waals surface area contributed by atoms with E-state index in [4.69, 9.17) is 4.74 Å². The Morgan fingerprint density at radius 2 is 2.25 bits per heavy atom. The molecule has 1 aromatic rings. The number of hydrogen-bond donors (Lipinski definition) is 1. The van der Waals surface area contributed by atoms with Crippen LogP contribution in [0.1, 0.15) is 24.2 Å². The van der Waals surface area contributed by atoms with Crippen LogP contribution < -0.4 is 10.1 Å². The Bertz CT molecular complexity index is 353. The number of halogens is 1. The Balaban J connectivity index is 2.69. The van der Waals surface area contributed by atoms with Crippen LogP contribution in [0.2, 0.25) is 0 Å². The molecular weight excluding hydrogens is 270 g/mol. The van der Waals surface area contributed by atoms with E-state index in [1.54, 1.807) is 12.1 Å². The molecule has 3 nitrogen and oxygen atoms in total. The summed E-state index contributed by atoms with van der Waals surface area (Å²) in [7, 11) is 0. The first-order valence-electron chi connectivity index (χ1n) is 5.24. The van der Waals surface area contributed by atoms with Gasteiger partial charge in [0, 0.05) is 17.4 Å². The molecule has 0 spiro atoms. The van der Waals surface area contributed by atoms with Gasteiger partial charge >= 0.3 is 0 Å². The molecule has 0 unspecified atom stereocenters. The number of carbonyl (C=O) groups is 1. The minimum atomic E-state index is -0.0753. The van der Waals surface area contributed by atoms with Crippen molar-refractivity contribution >= 4 is 21.8 Å². The second kappa shape index (κ2) is 6.53. The lowest BCUT2D eigenvalue weighted by Crippen LogP contribution is -2.25. The van der Waals surface area contributed by atoms with E-state index in [0.717, 1.165) is 11.1 Å². The fourth-order valence-corrected chi connectivity index (χ4v) is 1.44. The topological polar surface area (TPSA) is 38.3 Å². The summed E-state index contributed by atoms with van der Waals surface area (Å²) in [6, 6.07) is 7.20. The first kappa shape index (κ1) is 13.0. The van der Waals surface area contributed by atoms with Gasteiger partial charge in [0.05, 0.1) is 6.10 Å². The van der Waals surface area contributed by atoms with Gasteiger partial charge in [0.25, 0.3) is 5.91 Å². The molecule has 0 radical (unpaired) electrons. The molecule has 1 N–H and O–H groups in total. The van der Waals surface area contributed by atoms with Crippen LogP contribution in [0.3, 0.4) is 0 Å². The molecule has 0 aromatic heterocycles.